The number of hydrogen-bond acceptors (Lipinski definition) is 4. The highest BCUT2D eigenvalue weighted by Crippen LogP contribution is 2.28. The van der Waals surface area contributed by atoms with Gasteiger partial charge in [-0.3, -0.25) is 10.1 Å². The summed E-state index contributed by atoms with van der Waals surface area (Å²) in [6.45, 7) is 2.00. The largest absolute Gasteiger partial charge is 0.456 e. The fourth-order valence-electron chi connectivity index (χ4n) is 2.04. The van der Waals surface area contributed by atoms with E-state index in [1.54, 1.807) is 6.07 Å². The fraction of sp³-hybridized carbons (Fsp3) is 0.0667. The van der Waals surface area contributed by atoms with Gasteiger partial charge < -0.3 is 4.42 Å². The molecule has 0 aliphatic carbocycles. The Labute approximate surface area is 119 Å². The van der Waals surface area contributed by atoms with E-state index in [2.05, 4.69) is 0 Å². The molecule has 3 aromatic rings. The number of nitro groups is 1. The molecule has 100 valence electrons. The van der Waals surface area contributed by atoms with E-state index in [4.69, 9.17) is 4.42 Å². The van der Waals surface area contributed by atoms with Gasteiger partial charge in [-0.05, 0) is 31.2 Å². The summed E-state index contributed by atoms with van der Waals surface area (Å²) in [6.07, 6.45) is 3.69. The first-order chi connectivity index (χ1) is 9.65. The zero-order valence-electron chi connectivity index (χ0n) is 10.7. The number of thiophene rings is 1. The van der Waals surface area contributed by atoms with Crippen molar-refractivity contribution in [2.45, 2.75) is 6.92 Å². The molecule has 20 heavy (non-hydrogen) atoms. The van der Waals surface area contributed by atoms with Gasteiger partial charge in [0, 0.05) is 21.9 Å². The summed E-state index contributed by atoms with van der Waals surface area (Å²) in [6, 6.07) is 11.1. The molecular weight excluding hydrogens is 274 g/mol. The number of hydrogen-bond donors (Lipinski definition) is 0. The third kappa shape index (κ3) is 2.23. The highest BCUT2D eigenvalue weighted by atomic mass is 32.1. The summed E-state index contributed by atoms with van der Waals surface area (Å²) in [5.74, 6) is 0.780. The van der Waals surface area contributed by atoms with Crippen LogP contribution in [0.4, 0.5) is 5.00 Å². The summed E-state index contributed by atoms with van der Waals surface area (Å²) >= 11 is 1.15. The Balaban J connectivity index is 1.93. The first-order valence-electron chi connectivity index (χ1n) is 6.05. The molecule has 1 aromatic carbocycles. The number of benzene rings is 1. The SMILES string of the molecule is Cc1c(/C=C/c2ccc([N+](=O)[O-])s2)oc2ccccc12. The van der Waals surface area contributed by atoms with Crippen LogP contribution in [0.25, 0.3) is 23.1 Å². The lowest BCUT2D eigenvalue weighted by Crippen LogP contribution is -1.80. The number of nitrogens with zero attached hydrogens (tertiary/aromatic N) is 1. The minimum Gasteiger partial charge on any atom is -0.456 e. The van der Waals surface area contributed by atoms with E-state index >= 15 is 0 Å². The molecule has 2 heterocycles. The van der Waals surface area contributed by atoms with Crippen molar-refractivity contribution >= 4 is 39.5 Å². The van der Waals surface area contributed by atoms with Crippen molar-refractivity contribution < 1.29 is 9.34 Å². The number of furan rings is 1. The predicted molar refractivity (Wildman–Crippen MR) is 80.9 cm³/mol. The molecule has 4 nitrogen and oxygen atoms in total. The quantitative estimate of drug-likeness (QED) is 0.509. The number of para-hydroxylation sites is 1. The van der Waals surface area contributed by atoms with E-state index < -0.39 is 0 Å². The van der Waals surface area contributed by atoms with Gasteiger partial charge in [0.15, 0.2) is 0 Å². The smallest absolute Gasteiger partial charge is 0.324 e. The zero-order chi connectivity index (χ0) is 14.1. The number of aryl methyl sites for hydroxylation is 1. The van der Waals surface area contributed by atoms with Crippen molar-refractivity contribution in [1.82, 2.24) is 0 Å². The lowest BCUT2D eigenvalue weighted by atomic mass is 10.1. The molecular formula is C15H11NO3S. The van der Waals surface area contributed by atoms with Crippen LogP contribution in [0.2, 0.25) is 0 Å². The molecule has 0 bridgehead atoms. The van der Waals surface area contributed by atoms with Gasteiger partial charge in [-0.15, -0.1) is 0 Å². The van der Waals surface area contributed by atoms with Crippen LogP contribution in [0.5, 0.6) is 0 Å². The molecule has 0 aliphatic heterocycles. The molecule has 0 spiro atoms. The maximum Gasteiger partial charge on any atom is 0.324 e. The van der Waals surface area contributed by atoms with Crippen LogP contribution < -0.4 is 0 Å². The molecule has 3 rings (SSSR count). The Morgan fingerprint density at radius 3 is 2.70 bits per heavy atom. The van der Waals surface area contributed by atoms with Gasteiger partial charge in [-0.1, -0.05) is 29.5 Å². The summed E-state index contributed by atoms with van der Waals surface area (Å²) in [7, 11) is 0. The van der Waals surface area contributed by atoms with E-state index in [-0.39, 0.29) is 9.92 Å². The van der Waals surface area contributed by atoms with Crippen molar-refractivity contribution in [3.63, 3.8) is 0 Å². The lowest BCUT2D eigenvalue weighted by Gasteiger charge is -1.88. The fourth-order valence-corrected chi connectivity index (χ4v) is 2.76. The van der Waals surface area contributed by atoms with E-state index in [1.165, 1.54) is 6.07 Å². The Kier molecular flexibility index (Phi) is 3.12. The standard InChI is InChI=1S/C15H11NO3S/c1-10-12-4-2-3-5-14(12)19-13(10)8-6-11-7-9-15(20-11)16(17)18/h2-9H,1H3/b8-6+. The summed E-state index contributed by atoms with van der Waals surface area (Å²) in [5, 5.41) is 11.9. The average molecular weight is 285 g/mol. The van der Waals surface area contributed by atoms with Crippen LogP contribution in [0.1, 0.15) is 16.2 Å². The van der Waals surface area contributed by atoms with Crippen molar-refractivity contribution in [1.29, 1.82) is 0 Å². The van der Waals surface area contributed by atoms with Crippen LogP contribution in [0.15, 0.2) is 40.8 Å². The van der Waals surface area contributed by atoms with Gasteiger partial charge in [0.2, 0.25) is 0 Å². The summed E-state index contributed by atoms with van der Waals surface area (Å²) in [5.41, 5.74) is 1.92. The molecule has 2 aromatic heterocycles. The second-order valence-electron chi connectivity index (χ2n) is 4.35. The van der Waals surface area contributed by atoms with Gasteiger partial charge >= 0.3 is 5.00 Å². The molecule has 0 aliphatic rings. The molecule has 5 heteroatoms. The third-order valence-electron chi connectivity index (χ3n) is 3.07. The number of rotatable bonds is 3. The van der Waals surface area contributed by atoms with Crippen LogP contribution in [-0.4, -0.2) is 4.92 Å². The molecule has 0 N–H and O–H groups in total. The van der Waals surface area contributed by atoms with Crippen LogP contribution in [0, 0.1) is 17.0 Å². The van der Waals surface area contributed by atoms with Gasteiger partial charge in [0.1, 0.15) is 11.3 Å². The van der Waals surface area contributed by atoms with Gasteiger partial charge in [0.05, 0.1) is 4.92 Å². The first kappa shape index (κ1) is 12.6. The van der Waals surface area contributed by atoms with Crippen LogP contribution >= 0.6 is 11.3 Å². The monoisotopic (exact) mass is 285 g/mol. The minimum absolute atomic E-state index is 0.144. The third-order valence-corrected chi connectivity index (χ3v) is 4.07. The van der Waals surface area contributed by atoms with Crippen molar-refractivity contribution in [2.24, 2.45) is 0 Å². The lowest BCUT2D eigenvalue weighted by molar-refractivity contribution is -0.380. The molecule has 0 amide bonds. The van der Waals surface area contributed by atoms with E-state index in [1.807, 2.05) is 43.3 Å². The maximum absolute atomic E-state index is 10.6. The van der Waals surface area contributed by atoms with Crippen LogP contribution in [0.3, 0.4) is 0 Å². The van der Waals surface area contributed by atoms with Gasteiger partial charge in [-0.25, -0.2) is 0 Å². The van der Waals surface area contributed by atoms with Gasteiger partial charge in [0.25, 0.3) is 0 Å². The van der Waals surface area contributed by atoms with E-state index in [9.17, 15) is 10.1 Å². The molecule has 0 atom stereocenters. The normalized spacial score (nSPS) is 11.4. The van der Waals surface area contributed by atoms with Crippen LogP contribution in [-0.2, 0) is 0 Å². The summed E-state index contributed by atoms with van der Waals surface area (Å²) in [4.78, 5) is 11.1. The molecule has 0 fully saturated rings. The second-order valence-corrected chi connectivity index (χ2v) is 5.45. The van der Waals surface area contributed by atoms with E-state index in [0.717, 1.165) is 38.5 Å². The Morgan fingerprint density at radius 2 is 2.00 bits per heavy atom. The zero-order valence-corrected chi connectivity index (χ0v) is 11.5. The minimum atomic E-state index is -0.381. The number of fused-ring (bicyclic) bond motifs is 1. The molecule has 0 unspecified atom stereocenters. The first-order valence-corrected chi connectivity index (χ1v) is 6.87. The average Bonchev–Trinajstić information content (AvgIpc) is 3.03. The Bertz CT molecular complexity index is 814. The molecule has 0 radical (unpaired) electrons. The Morgan fingerprint density at radius 1 is 1.20 bits per heavy atom. The second kappa shape index (κ2) is 4.94. The summed E-state index contributed by atoms with van der Waals surface area (Å²) < 4.78 is 5.76. The van der Waals surface area contributed by atoms with Crippen molar-refractivity contribution in [2.75, 3.05) is 0 Å². The van der Waals surface area contributed by atoms with Crippen molar-refractivity contribution in [3.8, 4) is 0 Å². The highest BCUT2D eigenvalue weighted by molar-refractivity contribution is 7.16. The maximum atomic E-state index is 10.6. The Hall–Kier alpha value is -2.40. The predicted octanol–water partition coefficient (Wildman–Crippen LogP) is 4.88. The topological polar surface area (TPSA) is 56.3 Å². The highest BCUT2D eigenvalue weighted by Gasteiger charge is 2.09. The molecule has 0 saturated heterocycles. The molecule has 0 saturated carbocycles. The van der Waals surface area contributed by atoms with E-state index in [0.29, 0.717) is 0 Å². The van der Waals surface area contributed by atoms with Crippen molar-refractivity contribution in [3.05, 3.63) is 62.7 Å². The van der Waals surface area contributed by atoms with Gasteiger partial charge in [-0.2, -0.15) is 0 Å².